The zero-order chi connectivity index (χ0) is 14.7. The summed E-state index contributed by atoms with van der Waals surface area (Å²) in [5, 5.41) is 2.79. The van der Waals surface area contributed by atoms with Gasteiger partial charge in [-0.1, -0.05) is 67.6 Å². The van der Waals surface area contributed by atoms with Gasteiger partial charge in [0.15, 0.2) is 0 Å². The third-order valence-electron chi connectivity index (χ3n) is 3.79. The lowest BCUT2D eigenvalue weighted by Gasteiger charge is -2.31. The van der Waals surface area contributed by atoms with Crippen molar-refractivity contribution >= 4 is 18.5 Å². The molecule has 21 heavy (non-hydrogen) atoms. The second-order valence-electron chi connectivity index (χ2n) is 5.15. The van der Waals surface area contributed by atoms with Crippen LogP contribution in [0.2, 0.25) is 0 Å². The fraction of sp³-hybridized carbons (Fsp3) is 0.105. The summed E-state index contributed by atoms with van der Waals surface area (Å²) in [5.74, 6) is 1.26. The molecule has 1 saturated carbocycles. The molecule has 1 nitrogen and oxygen atoms in total. The predicted octanol–water partition coefficient (Wildman–Crippen LogP) is 3.20. The highest BCUT2D eigenvalue weighted by atomic mass is 31.1. The van der Waals surface area contributed by atoms with E-state index in [9.17, 15) is 0 Å². The Balaban J connectivity index is 1.96. The SMILES string of the molecule is C[C@H]([C]1[CH][CH][CH][C]1N)P(c1ccccc1)c1ccccc1. The third-order valence-corrected chi connectivity index (χ3v) is 6.55. The smallest absolute Gasteiger partial charge is 0.0453 e. The van der Waals surface area contributed by atoms with Crippen molar-refractivity contribution in [3.05, 3.63) is 91.9 Å². The molecule has 2 aromatic carbocycles. The van der Waals surface area contributed by atoms with E-state index in [1.165, 1.54) is 16.5 Å². The quantitative estimate of drug-likeness (QED) is 0.861. The van der Waals surface area contributed by atoms with Gasteiger partial charge in [-0.25, -0.2) is 0 Å². The van der Waals surface area contributed by atoms with E-state index in [4.69, 9.17) is 5.73 Å². The van der Waals surface area contributed by atoms with Crippen LogP contribution in [0.1, 0.15) is 6.92 Å². The van der Waals surface area contributed by atoms with Crippen LogP contribution < -0.4 is 16.3 Å². The van der Waals surface area contributed by atoms with E-state index >= 15 is 0 Å². The minimum absolute atomic E-state index is 0.403. The maximum Gasteiger partial charge on any atom is 0.0453 e. The second-order valence-corrected chi connectivity index (χ2v) is 7.70. The first-order valence-electron chi connectivity index (χ1n) is 7.18. The second kappa shape index (κ2) is 6.73. The Morgan fingerprint density at radius 1 is 0.810 bits per heavy atom. The van der Waals surface area contributed by atoms with Crippen LogP contribution in [0, 0.1) is 31.2 Å². The van der Waals surface area contributed by atoms with E-state index in [-0.39, 0.29) is 0 Å². The highest BCUT2D eigenvalue weighted by Crippen LogP contribution is 2.48. The number of hydrogen-bond acceptors (Lipinski definition) is 1. The number of hydrogen-bond donors (Lipinski definition) is 1. The Hall–Kier alpha value is -1.17. The van der Waals surface area contributed by atoms with Crippen LogP contribution in [0.3, 0.4) is 0 Å². The van der Waals surface area contributed by atoms with Crippen molar-refractivity contribution in [3.63, 3.8) is 0 Å². The van der Waals surface area contributed by atoms with Crippen LogP contribution in [0.25, 0.3) is 0 Å². The Morgan fingerprint density at radius 3 is 1.76 bits per heavy atom. The van der Waals surface area contributed by atoms with E-state index in [1.807, 2.05) is 12.8 Å². The van der Waals surface area contributed by atoms with Crippen LogP contribution in [0.5, 0.6) is 0 Å². The van der Waals surface area contributed by atoms with E-state index in [2.05, 4.69) is 74.0 Å². The van der Waals surface area contributed by atoms with Crippen molar-refractivity contribution in [2.24, 2.45) is 5.73 Å². The Bertz CT molecular complexity index is 515. The summed E-state index contributed by atoms with van der Waals surface area (Å²) in [4.78, 5) is 0. The maximum atomic E-state index is 6.15. The molecule has 3 rings (SSSR count). The lowest BCUT2D eigenvalue weighted by molar-refractivity contribution is 0.922. The molecule has 0 bridgehead atoms. The summed E-state index contributed by atoms with van der Waals surface area (Å²) < 4.78 is 0. The van der Waals surface area contributed by atoms with Crippen molar-refractivity contribution < 1.29 is 0 Å². The molecule has 0 unspecified atom stereocenters. The zero-order valence-electron chi connectivity index (χ0n) is 12.1. The molecule has 0 aromatic heterocycles. The van der Waals surface area contributed by atoms with Gasteiger partial charge in [0, 0.05) is 12.0 Å². The molecular weight excluding hydrogens is 273 g/mol. The molecule has 0 aliphatic heterocycles. The lowest BCUT2D eigenvalue weighted by atomic mass is 10.0. The van der Waals surface area contributed by atoms with Gasteiger partial charge < -0.3 is 5.73 Å². The van der Waals surface area contributed by atoms with E-state index < -0.39 is 7.92 Å². The molecule has 105 valence electrons. The third kappa shape index (κ3) is 3.20. The van der Waals surface area contributed by atoms with E-state index in [0.29, 0.717) is 5.66 Å². The summed E-state index contributed by atoms with van der Waals surface area (Å²) in [6.07, 6.45) is 6.20. The van der Waals surface area contributed by atoms with Crippen LogP contribution in [-0.4, -0.2) is 5.66 Å². The van der Waals surface area contributed by atoms with Crippen LogP contribution in [-0.2, 0) is 0 Å². The van der Waals surface area contributed by atoms with Gasteiger partial charge in [0.1, 0.15) is 0 Å². The van der Waals surface area contributed by atoms with Crippen molar-refractivity contribution in [1.82, 2.24) is 0 Å². The summed E-state index contributed by atoms with van der Waals surface area (Å²) in [7, 11) is -0.459. The topological polar surface area (TPSA) is 26.0 Å². The standard InChI is InChI=1S/C19H19NP/c1-15(18-13-8-14-19(18)20)21(16-9-4-2-5-10-16)17-11-6-3-7-12-17/h2-15H,20H2,1H3/t15-/m1/s1. The Morgan fingerprint density at radius 2 is 1.33 bits per heavy atom. The Labute approximate surface area is 129 Å². The highest BCUT2D eigenvalue weighted by Gasteiger charge is 2.36. The molecule has 0 saturated heterocycles. The molecule has 2 N–H and O–H groups in total. The Kier molecular flexibility index (Phi) is 4.73. The number of nitrogens with two attached hydrogens (primary N) is 1. The van der Waals surface area contributed by atoms with Crippen molar-refractivity contribution in [3.8, 4) is 0 Å². The van der Waals surface area contributed by atoms with E-state index in [1.54, 1.807) is 0 Å². The van der Waals surface area contributed by atoms with Crippen LogP contribution in [0.4, 0.5) is 0 Å². The van der Waals surface area contributed by atoms with Gasteiger partial charge in [-0.3, -0.25) is 0 Å². The largest absolute Gasteiger partial charge is 0.323 e. The normalized spacial score (nSPS) is 18.2. The van der Waals surface area contributed by atoms with E-state index in [0.717, 1.165) is 6.04 Å². The minimum Gasteiger partial charge on any atom is -0.323 e. The average Bonchev–Trinajstić information content (AvgIpc) is 2.96. The molecule has 0 heterocycles. The summed E-state index contributed by atoms with van der Waals surface area (Å²) in [5.41, 5.74) is 6.55. The summed E-state index contributed by atoms with van der Waals surface area (Å²) in [6, 6.07) is 22.5. The van der Waals surface area contributed by atoms with Crippen molar-refractivity contribution in [1.29, 1.82) is 0 Å². The molecule has 1 atom stereocenters. The van der Waals surface area contributed by atoms with Gasteiger partial charge in [0.25, 0.3) is 0 Å². The van der Waals surface area contributed by atoms with Gasteiger partial charge in [-0.2, -0.15) is 0 Å². The zero-order valence-corrected chi connectivity index (χ0v) is 13.0. The number of rotatable bonds is 4. The predicted molar refractivity (Wildman–Crippen MR) is 92.1 cm³/mol. The van der Waals surface area contributed by atoms with Crippen LogP contribution >= 0.6 is 7.92 Å². The summed E-state index contributed by atoms with van der Waals surface area (Å²) in [6.45, 7) is 2.29. The molecule has 0 spiro atoms. The van der Waals surface area contributed by atoms with Crippen molar-refractivity contribution in [2.75, 3.05) is 0 Å². The molecule has 5 radical (unpaired) electrons. The molecule has 0 amide bonds. The molecule has 2 heteroatoms. The highest BCUT2D eigenvalue weighted by molar-refractivity contribution is 7.73. The first-order valence-corrected chi connectivity index (χ1v) is 8.59. The fourth-order valence-electron chi connectivity index (χ4n) is 2.74. The molecule has 1 aliphatic carbocycles. The van der Waals surface area contributed by atoms with Crippen molar-refractivity contribution in [2.45, 2.75) is 12.6 Å². The van der Waals surface area contributed by atoms with Crippen LogP contribution in [0.15, 0.2) is 60.7 Å². The van der Waals surface area contributed by atoms with Gasteiger partial charge in [0.05, 0.1) is 0 Å². The first kappa shape index (κ1) is 14.8. The molecular formula is C19H19NP. The minimum atomic E-state index is -0.459. The maximum absolute atomic E-state index is 6.15. The van der Waals surface area contributed by atoms with Gasteiger partial charge in [0.2, 0.25) is 0 Å². The molecule has 2 aromatic rings. The first-order chi connectivity index (χ1) is 10.3. The van der Waals surface area contributed by atoms with Gasteiger partial charge in [-0.05, 0) is 43.5 Å². The molecule has 1 fully saturated rings. The average molecular weight is 292 g/mol. The monoisotopic (exact) mass is 292 g/mol. The number of benzene rings is 2. The fourth-order valence-corrected chi connectivity index (χ4v) is 5.43. The van der Waals surface area contributed by atoms with Gasteiger partial charge in [-0.15, -0.1) is 0 Å². The molecule has 1 aliphatic rings. The lowest BCUT2D eigenvalue weighted by Crippen LogP contribution is -2.29. The van der Waals surface area contributed by atoms with Gasteiger partial charge >= 0.3 is 0 Å². The summed E-state index contributed by atoms with van der Waals surface area (Å²) >= 11 is 0.